The minimum Gasteiger partial charge on any atom is -0.325 e. The summed E-state index contributed by atoms with van der Waals surface area (Å²) in [4.78, 5) is 29.1. The van der Waals surface area contributed by atoms with Crippen LogP contribution in [0.4, 0.5) is 15.8 Å². The Balaban J connectivity index is 1.45. The maximum Gasteiger partial charge on any atom is 0.241 e. The maximum atomic E-state index is 13.0. The second kappa shape index (κ2) is 9.82. The number of carbonyl (C=O) groups excluding carboxylic acids is 2. The molecule has 30 heavy (non-hydrogen) atoms. The summed E-state index contributed by atoms with van der Waals surface area (Å²) in [6.45, 7) is 9.06. The van der Waals surface area contributed by atoms with Crippen LogP contribution >= 0.6 is 0 Å². The van der Waals surface area contributed by atoms with Gasteiger partial charge in [0.25, 0.3) is 0 Å². The zero-order valence-electron chi connectivity index (χ0n) is 17.7. The molecule has 2 aromatic rings. The number of benzene rings is 2. The van der Waals surface area contributed by atoms with E-state index in [4.69, 9.17) is 0 Å². The summed E-state index contributed by atoms with van der Waals surface area (Å²) >= 11 is 0. The number of nitrogens with zero attached hydrogens (tertiary/aromatic N) is 2. The summed E-state index contributed by atoms with van der Waals surface area (Å²) in [5.74, 6) is -0.485. The van der Waals surface area contributed by atoms with E-state index in [1.165, 1.54) is 12.1 Å². The van der Waals surface area contributed by atoms with Gasteiger partial charge in [-0.3, -0.25) is 19.4 Å². The third-order valence-electron chi connectivity index (χ3n) is 5.69. The van der Waals surface area contributed by atoms with Crippen molar-refractivity contribution < 1.29 is 14.0 Å². The third kappa shape index (κ3) is 5.64. The highest BCUT2D eigenvalue weighted by molar-refractivity contribution is 5.94. The molecule has 2 aromatic carbocycles. The fourth-order valence-electron chi connectivity index (χ4n) is 3.53. The van der Waals surface area contributed by atoms with Crippen LogP contribution in [0.2, 0.25) is 0 Å². The van der Waals surface area contributed by atoms with Gasteiger partial charge in [-0.15, -0.1) is 0 Å². The van der Waals surface area contributed by atoms with Gasteiger partial charge in [-0.05, 0) is 62.2 Å². The van der Waals surface area contributed by atoms with Crippen molar-refractivity contribution in [3.8, 4) is 0 Å². The lowest BCUT2D eigenvalue weighted by Gasteiger charge is -2.37. The SMILES string of the molecule is Cc1cccc(NC(=O)CN2CCN([C@@H](C)C(=O)Nc3ccc(F)cc3)CC2)c1C. The summed E-state index contributed by atoms with van der Waals surface area (Å²) in [5.41, 5.74) is 3.66. The molecule has 0 aromatic heterocycles. The van der Waals surface area contributed by atoms with Crippen molar-refractivity contribution in [1.29, 1.82) is 0 Å². The predicted molar refractivity (Wildman–Crippen MR) is 117 cm³/mol. The Morgan fingerprint density at radius 2 is 1.67 bits per heavy atom. The molecule has 1 aliphatic rings. The van der Waals surface area contributed by atoms with E-state index in [0.717, 1.165) is 16.8 Å². The van der Waals surface area contributed by atoms with E-state index in [2.05, 4.69) is 20.4 Å². The first-order valence-electron chi connectivity index (χ1n) is 10.2. The first kappa shape index (κ1) is 21.9. The Kier molecular flexibility index (Phi) is 7.18. The Morgan fingerprint density at radius 1 is 1.00 bits per heavy atom. The van der Waals surface area contributed by atoms with E-state index in [1.807, 2.05) is 39.0 Å². The molecule has 0 spiro atoms. The molecule has 0 aliphatic carbocycles. The smallest absolute Gasteiger partial charge is 0.241 e. The number of carbonyl (C=O) groups is 2. The number of halogens is 1. The molecule has 2 N–H and O–H groups in total. The highest BCUT2D eigenvalue weighted by Crippen LogP contribution is 2.18. The lowest BCUT2D eigenvalue weighted by molar-refractivity contribution is -0.122. The molecule has 1 fully saturated rings. The fraction of sp³-hybridized carbons (Fsp3) is 0.391. The quantitative estimate of drug-likeness (QED) is 0.766. The Hall–Kier alpha value is -2.77. The second-order valence-electron chi connectivity index (χ2n) is 7.78. The molecule has 6 nitrogen and oxygen atoms in total. The molecule has 0 radical (unpaired) electrons. The summed E-state index contributed by atoms with van der Waals surface area (Å²) in [6, 6.07) is 11.3. The van der Waals surface area contributed by atoms with E-state index in [1.54, 1.807) is 12.1 Å². The monoisotopic (exact) mass is 412 g/mol. The number of piperazine rings is 1. The van der Waals surface area contributed by atoms with Crippen LogP contribution in [-0.4, -0.2) is 60.4 Å². The van der Waals surface area contributed by atoms with E-state index in [-0.39, 0.29) is 23.7 Å². The Morgan fingerprint density at radius 3 is 2.33 bits per heavy atom. The Bertz CT molecular complexity index is 893. The van der Waals surface area contributed by atoms with Gasteiger partial charge in [0.15, 0.2) is 0 Å². The first-order valence-corrected chi connectivity index (χ1v) is 10.2. The molecule has 1 heterocycles. The Labute approximate surface area is 177 Å². The maximum absolute atomic E-state index is 13.0. The van der Waals surface area contributed by atoms with Crippen LogP contribution in [0.25, 0.3) is 0 Å². The lowest BCUT2D eigenvalue weighted by atomic mass is 10.1. The van der Waals surface area contributed by atoms with Gasteiger partial charge in [0.2, 0.25) is 11.8 Å². The minimum atomic E-state index is -0.334. The minimum absolute atomic E-state index is 0.0285. The first-order chi connectivity index (χ1) is 14.3. The molecule has 0 unspecified atom stereocenters. The van der Waals surface area contributed by atoms with E-state index >= 15 is 0 Å². The van der Waals surface area contributed by atoms with E-state index in [0.29, 0.717) is 38.4 Å². The molecule has 160 valence electrons. The third-order valence-corrected chi connectivity index (χ3v) is 5.69. The molecule has 0 bridgehead atoms. The molecule has 1 saturated heterocycles. The molecular weight excluding hydrogens is 383 g/mol. The van der Waals surface area contributed by atoms with Gasteiger partial charge in [-0.25, -0.2) is 4.39 Å². The van der Waals surface area contributed by atoms with Gasteiger partial charge in [-0.1, -0.05) is 12.1 Å². The molecule has 2 amide bonds. The van der Waals surface area contributed by atoms with Gasteiger partial charge in [0.05, 0.1) is 12.6 Å². The molecule has 3 rings (SSSR count). The summed E-state index contributed by atoms with van der Waals surface area (Å²) in [7, 11) is 0. The van der Waals surface area contributed by atoms with Gasteiger partial charge >= 0.3 is 0 Å². The second-order valence-corrected chi connectivity index (χ2v) is 7.78. The van der Waals surface area contributed by atoms with Crippen molar-refractivity contribution >= 4 is 23.2 Å². The summed E-state index contributed by atoms with van der Waals surface area (Å²) in [5, 5.41) is 5.82. The number of aryl methyl sites for hydroxylation is 1. The van der Waals surface area contributed by atoms with Gasteiger partial charge in [-0.2, -0.15) is 0 Å². The lowest BCUT2D eigenvalue weighted by Crippen LogP contribution is -2.53. The average Bonchev–Trinajstić information content (AvgIpc) is 2.73. The summed E-state index contributed by atoms with van der Waals surface area (Å²) in [6.07, 6.45) is 0. The number of anilines is 2. The molecule has 7 heteroatoms. The highest BCUT2D eigenvalue weighted by Gasteiger charge is 2.26. The standard InChI is InChI=1S/C23H29FN4O2/c1-16-5-4-6-21(17(16)2)26-22(29)15-27-11-13-28(14-12-27)18(3)23(30)25-20-9-7-19(24)8-10-20/h4-10,18H,11-15H2,1-3H3,(H,25,30)(H,26,29)/t18-/m0/s1. The number of hydrogen-bond acceptors (Lipinski definition) is 4. The van der Waals surface area contributed by atoms with Crippen LogP contribution < -0.4 is 10.6 Å². The predicted octanol–water partition coefficient (Wildman–Crippen LogP) is 3.03. The van der Waals surface area contributed by atoms with Crippen LogP contribution in [-0.2, 0) is 9.59 Å². The highest BCUT2D eigenvalue weighted by atomic mass is 19.1. The van der Waals surface area contributed by atoms with Gasteiger partial charge < -0.3 is 10.6 Å². The molecule has 0 saturated carbocycles. The largest absolute Gasteiger partial charge is 0.325 e. The number of hydrogen-bond donors (Lipinski definition) is 2. The molecule has 1 aliphatic heterocycles. The number of amides is 2. The molecular formula is C23H29FN4O2. The fourth-order valence-corrected chi connectivity index (χ4v) is 3.53. The van der Waals surface area contributed by atoms with Crippen molar-refractivity contribution in [3.05, 3.63) is 59.4 Å². The van der Waals surface area contributed by atoms with Gasteiger partial charge in [0, 0.05) is 37.6 Å². The van der Waals surface area contributed by atoms with Crippen molar-refractivity contribution in [2.24, 2.45) is 0 Å². The topological polar surface area (TPSA) is 64.7 Å². The van der Waals surface area contributed by atoms with Crippen LogP contribution in [0, 0.1) is 19.7 Å². The van der Waals surface area contributed by atoms with Gasteiger partial charge in [0.1, 0.15) is 5.82 Å². The zero-order valence-corrected chi connectivity index (χ0v) is 17.7. The van der Waals surface area contributed by atoms with Crippen molar-refractivity contribution in [1.82, 2.24) is 9.80 Å². The number of rotatable bonds is 6. The van der Waals surface area contributed by atoms with E-state index in [9.17, 15) is 14.0 Å². The summed E-state index contributed by atoms with van der Waals surface area (Å²) < 4.78 is 13.0. The van der Waals surface area contributed by atoms with Crippen LogP contribution in [0.3, 0.4) is 0 Å². The average molecular weight is 413 g/mol. The van der Waals surface area contributed by atoms with Crippen molar-refractivity contribution in [2.75, 3.05) is 43.4 Å². The molecule has 1 atom stereocenters. The normalized spacial score (nSPS) is 16.1. The van der Waals surface area contributed by atoms with Crippen LogP contribution in [0.5, 0.6) is 0 Å². The van der Waals surface area contributed by atoms with E-state index < -0.39 is 0 Å². The zero-order chi connectivity index (χ0) is 21.7. The van der Waals surface area contributed by atoms with Crippen molar-refractivity contribution in [2.45, 2.75) is 26.8 Å². The van der Waals surface area contributed by atoms with Crippen LogP contribution in [0.1, 0.15) is 18.1 Å². The van der Waals surface area contributed by atoms with Crippen molar-refractivity contribution in [3.63, 3.8) is 0 Å². The van der Waals surface area contributed by atoms with Crippen LogP contribution in [0.15, 0.2) is 42.5 Å². The number of nitrogens with one attached hydrogen (secondary N) is 2.